The number of aliphatic hydroxyl groups is 1. The van der Waals surface area contributed by atoms with Crippen LogP contribution in [-0.2, 0) is 4.79 Å². The number of hydrogen-bond acceptors (Lipinski definition) is 3. The van der Waals surface area contributed by atoms with Crippen molar-refractivity contribution in [2.75, 3.05) is 7.11 Å². The van der Waals surface area contributed by atoms with Gasteiger partial charge in [-0.1, -0.05) is 25.4 Å². The minimum atomic E-state index is -0.745. The SMILES string of the molecule is COc1cc(Cl)ccc1C1=C(O)C(C)(CC(C)C)NC1=O. The summed E-state index contributed by atoms with van der Waals surface area (Å²) in [5.41, 5.74) is 0.0571. The molecular weight excluding hydrogens is 290 g/mol. The molecule has 1 unspecified atom stereocenters. The van der Waals surface area contributed by atoms with Crippen LogP contribution >= 0.6 is 11.6 Å². The van der Waals surface area contributed by atoms with Crippen LogP contribution in [0.1, 0.15) is 32.8 Å². The second kappa shape index (κ2) is 5.60. The smallest absolute Gasteiger partial charge is 0.256 e. The molecule has 21 heavy (non-hydrogen) atoms. The van der Waals surface area contributed by atoms with Crippen LogP contribution in [0.15, 0.2) is 24.0 Å². The summed E-state index contributed by atoms with van der Waals surface area (Å²) in [5, 5.41) is 14.0. The number of methoxy groups -OCH3 is 1. The lowest BCUT2D eigenvalue weighted by atomic mass is 9.89. The lowest BCUT2D eigenvalue weighted by Gasteiger charge is -2.26. The van der Waals surface area contributed by atoms with Crippen molar-refractivity contribution in [1.82, 2.24) is 5.32 Å². The molecule has 2 N–H and O–H groups in total. The van der Waals surface area contributed by atoms with E-state index in [-0.39, 0.29) is 17.2 Å². The van der Waals surface area contributed by atoms with E-state index in [2.05, 4.69) is 5.32 Å². The van der Waals surface area contributed by atoms with E-state index in [0.29, 0.717) is 28.7 Å². The van der Waals surface area contributed by atoms with Crippen LogP contribution in [0.4, 0.5) is 0 Å². The van der Waals surface area contributed by atoms with E-state index in [0.717, 1.165) is 0 Å². The van der Waals surface area contributed by atoms with Gasteiger partial charge in [-0.2, -0.15) is 0 Å². The van der Waals surface area contributed by atoms with E-state index >= 15 is 0 Å². The Morgan fingerprint density at radius 3 is 2.67 bits per heavy atom. The lowest BCUT2D eigenvalue weighted by molar-refractivity contribution is -0.116. The standard InChI is InChI=1S/C16H20ClNO3/c1-9(2)8-16(3)14(19)13(15(20)18-16)11-6-5-10(17)7-12(11)21-4/h5-7,9,19H,8H2,1-4H3,(H,18,20). The number of rotatable bonds is 4. The van der Waals surface area contributed by atoms with Crippen molar-refractivity contribution < 1.29 is 14.6 Å². The maximum Gasteiger partial charge on any atom is 0.256 e. The Hall–Kier alpha value is -1.68. The van der Waals surface area contributed by atoms with Crippen molar-refractivity contribution in [3.05, 3.63) is 34.5 Å². The van der Waals surface area contributed by atoms with Crippen molar-refractivity contribution in [2.45, 2.75) is 32.7 Å². The molecule has 0 saturated carbocycles. The van der Waals surface area contributed by atoms with Gasteiger partial charge in [0.25, 0.3) is 5.91 Å². The molecule has 114 valence electrons. The fraction of sp³-hybridized carbons (Fsp3) is 0.438. The molecule has 0 fully saturated rings. The van der Waals surface area contributed by atoms with Crippen LogP contribution in [0.2, 0.25) is 5.02 Å². The molecule has 0 spiro atoms. The Labute approximate surface area is 129 Å². The fourth-order valence-corrected chi connectivity index (χ4v) is 3.00. The number of benzene rings is 1. The molecule has 1 amide bonds. The summed E-state index contributed by atoms with van der Waals surface area (Å²) in [4.78, 5) is 12.3. The van der Waals surface area contributed by atoms with E-state index in [1.165, 1.54) is 7.11 Å². The minimum Gasteiger partial charge on any atom is -0.509 e. The molecule has 0 bridgehead atoms. The average Bonchev–Trinajstić information content (AvgIpc) is 2.59. The molecule has 1 aromatic rings. The number of hydrogen-bond donors (Lipinski definition) is 2. The Bertz CT molecular complexity index is 610. The van der Waals surface area contributed by atoms with E-state index in [1.807, 2.05) is 20.8 Å². The first-order chi connectivity index (χ1) is 9.78. The monoisotopic (exact) mass is 309 g/mol. The third-order valence-corrected chi connectivity index (χ3v) is 3.86. The number of carbonyl (C=O) groups is 1. The van der Waals surface area contributed by atoms with Gasteiger partial charge in [0.15, 0.2) is 0 Å². The summed E-state index contributed by atoms with van der Waals surface area (Å²) in [6, 6.07) is 4.99. The first kappa shape index (κ1) is 15.7. The molecular formula is C16H20ClNO3. The number of ether oxygens (including phenoxy) is 1. The molecule has 1 atom stereocenters. The Morgan fingerprint density at radius 2 is 2.10 bits per heavy atom. The maximum atomic E-state index is 12.3. The number of halogens is 1. The van der Waals surface area contributed by atoms with Crippen LogP contribution in [0.25, 0.3) is 5.57 Å². The Balaban J connectivity index is 2.54. The topological polar surface area (TPSA) is 58.6 Å². The van der Waals surface area contributed by atoms with E-state index in [4.69, 9.17) is 16.3 Å². The zero-order chi connectivity index (χ0) is 15.8. The van der Waals surface area contributed by atoms with Crippen LogP contribution in [0.5, 0.6) is 5.75 Å². The number of amides is 1. The highest BCUT2D eigenvalue weighted by Gasteiger charge is 2.43. The molecule has 2 rings (SSSR count). The summed E-state index contributed by atoms with van der Waals surface area (Å²) in [6.45, 7) is 5.92. The van der Waals surface area contributed by atoms with Gasteiger partial charge in [0.2, 0.25) is 0 Å². The van der Waals surface area contributed by atoms with Gasteiger partial charge in [0.1, 0.15) is 11.5 Å². The lowest BCUT2D eigenvalue weighted by Crippen LogP contribution is -2.42. The molecule has 4 nitrogen and oxygen atoms in total. The number of aliphatic hydroxyl groups excluding tert-OH is 1. The van der Waals surface area contributed by atoms with Crippen molar-refractivity contribution >= 4 is 23.1 Å². The van der Waals surface area contributed by atoms with Gasteiger partial charge >= 0.3 is 0 Å². The second-order valence-electron chi connectivity index (χ2n) is 5.95. The quantitative estimate of drug-likeness (QED) is 0.894. The zero-order valence-corrected chi connectivity index (χ0v) is 13.4. The minimum absolute atomic E-state index is 0.0572. The van der Waals surface area contributed by atoms with Crippen molar-refractivity contribution in [1.29, 1.82) is 0 Å². The normalized spacial score (nSPS) is 21.9. The molecule has 0 saturated heterocycles. The highest BCUT2D eigenvalue weighted by Crippen LogP contribution is 2.39. The molecule has 0 radical (unpaired) electrons. The van der Waals surface area contributed by atoms with Crippen molar-refractivity contribution in [2.24, 2.45) is 5.92 Å². The van der Waals surface area contributed by atoms with E-state index in [1.54, 1.807) is 18.2 Å². The first-order valence-corrected chi connectivity index (χ1v) is 7.26. The van der Waals surface area contributed by atoms with Crippen LogP contribution in [0, 0.1) is 5.92 Å². The molecule has 0 aliphatic carbocycles. The van der Waals surface area contributed by atoms with Crippen LogP contribution in [-0.4, -0.2) is 23.7 Å². The van der Waals surface area contributed by atoms with Crippen LogP contribution < -0.4 is 10.1 Å². The van der Waals surface area contributed by atoms with E-state index < -0.39 is 5.54 Å². The molecule has 1 aliphatic rings. The van der Waals surface area contributed by atoms with Gasteiger partial charge < -0.3 is 15.2 Å². The van der Waals surface area contributed by atoms with Gasteiger partial charge in [-0.3, -0.25) is 4.79 Å². The van der Waals surface area contributed by atoms with Gasteiger partial charge in [0, 0.05) is 10.6 Å². The number of nitrogens with one attached hydrogen (secondary N) is 1. The molecule has 0 aromatic heterocycles. The summed E-state index contributed by atoms with van der Waals surface area (Å²) < 4.78 is 5.27. The largest absolute Gasteiger partial charge is 0.509 e. The van der Waals surface area contributed by atoms with Crippen molar-refractivity contribution in [3.63, 3.8) is 0 Å². The Morgan fingerprint density at radius 1 is 1.43 bits per heavy atom. The zero-order valence-electron chi connectivity index (χ0n) is 12.7. The predicted molar refractivity (Wildman–Crippen MR) is 83.6 cm³/mol. The Kier molecular flexibility index (Phi) is 4.19. The summed E-state index contributed by atoms with van der Waals surface area (Å²) in [7, 11) is 1.51. The van der Waals surface area contributed by atoms with Crippen molar-refractivity contribution in [3.8, 4) is 5.75 Å². The fourth-order valence-electron chi connectivity index (χ4n) is 2.84. The highest BCUT2D eigenvalue weighted by molar-refractivity contribution is 6.31. The first-order valence-electron chi connectivity index (χ1n) is 6.88. The maximum absolute atomic E-state index is 12.3. The van der Waals surface area contributed by atoms with Gasteiger partial charge in [-0.15, -0.1) is 0 Å². The molecule has 5 heteroatoms. The summed E-state index contributed by atoms with van der Waals surface area (Å²) in [6.07, 6.45) is 0.657. The number of carbonyl (C=O) groups excluding carboxylic acids is 1. The summed E-state index contributed by atoms with van der Waals surface area (Å²) >= 11 is 5.94. The van der Waals surface area contributed by atoms with Gasteiger partial charge in [-0.25, -0.2) is 0 Å². The van der Waals surface area contributed by atoms with Gasteiger partial charge in [-0.05, 0) is 37.5 Å². The van der Waals surface area contributed by atoms with Gasteiger partial charge in [0.05, 0.1) is 18.2 Å². The van der Waals surface area contributed by atoms with E-state index in [9.17, 15) is 9.90 Å². The molecule has 1 aliphatic heterocycles. The third-order valence-electron chi connectivity index (χ3n) is 3.63. The highest BCUT2D eigenvalue weighted by atomic mass is 35.5. The molecule has 1 heterocycles. The average molecular weight is 310 g/mol. The molecule has 1 aromatic carbocycles. The third kappa shape index (κ3) is 2.86. The summed E-state index contributed by atoms with van der Waals surface area (Å²) in [5.74, 6) is 0.565. The van der Waals surface area contributed by atoms with Crippen LogP contribution in [0.3, 0.4) is 0 Å². The predicted octanol–water partition coefficient (Wildman–Crippen LogP) is 3.55. The second-order valence-corrected chi connectivity index (χ2v) is 6.39.